The minimum Gasteiger partial charge on any atom is -0.359 e. The van der Waals surface area contributed by atoms with Crippen molar-refractivity contribution in [2.45, 2.75) is 86.5 Å². The quantitative estimate of drug-likeness (QED) is 0.521. The molecule has 5 rings (SSSR count). The molecule has 0 aromatic rings. The van der Waals surface area contributed by atoms with Crippen LogP contribution in [-0.2, 0) is 14.4 Å². The lowest BCUT2D eigenvalue weighted by atomic mass is 9.38. The summed E-state index contributed by atoms with van der Waals surface area (Å²) in [7, 11) is 1.73. The summed E-state index contributed by atoms with van der Waals surface area (Å²) in [4.78, 5) is 40.7. The number of fused-ring (bicyclic) bond motifs is 7. The highest BCUT2D eigenvalue weighted by Crippen LogP contribution is 2.70. The van der Waals surface area contributed by atoms with Gasteiger partial charge in [0.1, 0.15) is 6.07 Å². The Hall–Kier alpha value is -2.22. The van der Waals surface area contributed by atoms with Gasteiger partial charge in [-0.25, -0.2) is 0 Å². The number of allylic oxidation sites excluding steroid dienone is 4. The van der Waals surface area contributed by atoms with Gasteiger partial charge in [0.15, 0.2) is 11.6 Å². The highest BCUT2D eigenvalue weighted by Gasteiger charge is 2.66. The van der Waals surface area contributed by atoms with Crippen LogP contribution < -0.4 is 5.32 Å². The number of nitrogens with zero attached hydrogens (tertiary/aromatic N) is 1. The van der Waals surface area contributed by atoms with Crippen molar-refractivity contribution >= 4 is 17.5 Å². The molecule has 7 unspecified atom stereocenters. The summed E-state index contributed by atoms with van der Waals surface area (Å²) in [6.07, 6.45) is 10.1. The van der Waals surface area contributed by atoms with E-state index in [4.69, 9.17) is 0 Å². The van der Waals surface area contributed by atoms with E-state index in [0.717, 1.165) is 50.5 Å². The van der Waals surface area contributed by atoms with Gasteiger partial charge in [0.25, 0.3) is 0 Å². The van der Waals surface area contributed by atoms with Gasteiger partial charge in [-0.05, 0) is 79.6 Å². The smallest absolute Gasteiger partial charge is 0.226 e. The molecule has 5 heteroatoms. The van der Waals surface area contributed by atoms with Gasteiger partial charge in [0, 0.05) is 23.8 Å². The summed E-state index contributed by atoms with van der Waals surface area (Å²) in [6, 6.07) is 2.17. The van der Waals surface area contributed by atoms with Gasteiger partial charge in [-0.1, -0.05) is 53.2 Å². The maximum atomic E-state index is 14.2. The van der Waals surface area contributed by atoms with Crippen LogP contribution in [0.25, 0.3) is 0 Å². The van der Waals surface area contributed by atoms with Gasteiger partial charge in [-0.2, -0.15) is 5.26 Å². The summed E-state index contributed by atoms with van der Waals surface area (Å²) in [5.74, 6) is 0.323. The normalized spacial score (nSPS) is 44.5. The zero-order valence-electron chi connectivity index (χ0n) is 23.1. The topological polar surface area (TPSA) is 87.0 Å². The predicted octanol–water partition coefficient (Wildman–Crippen LogP) is 5.56. The number of ketones is 2. The summed E-state index contributed by atoms with van der Waals surface area (Å²) in [6.45, 7) is 13.0. The highest BCUT2D eigenvalue weighted by atomic mass is 16.2. The average Bonchev–Trinajstić information content (AvgIpc) is 2.81. The molecule has 1 amide bonds. The van der Waals surface area contributed by atoms with E-state index in [-0.39, 0.29) is 57.5 Å². The van der Waals surface area contributed by atoms with Crippen LogP contribution in [0.3, 0.4) is 0 Å². The molecule has 3 fully saturated rings. The molecule has 7 atom stereocenters. The molecule has 5 aliphatic rings. The Morgan fingerprint density at radius 1 is 1.00 bits per heavy atom. The van der Waals surface area contributed by atoms with Crippen LogP contribution in [-0.4, -0.2) is 24.5 Å². The van der Waals surface area contributed by atoms with Crippen LogP contribution in [0.5, 0.6) is 0 Å². The minimum absolute atomic E-state index is 0.0437. The molecule has 0 bridgehead atoms. The average molecular weight is 491 g/mol. The van der Waals surface area contributed by atoms with Crippen molar-refractivity contribution in [1.29, 1.82) is 5.26 Å². The molecule has 0 radical (unpaired) electrons. The molecule has 0 aromatic carbocycles. The summed E-state index contributed by atoms with van der Waals surface area (Å²) in [5, 5.41) is 12.8. The summed E-state index contributed by atoms with van der Waals surface area (Å²) in [5.41, 5.74) is -0.340. The third-order valence-corrected chi connectivity index (χ3v) is 11.7. The van der Waals surface area contributed by atoms with Crippen LogP contribution in [0.15, 0.2) is 23.3 Å². The molecule has 5 aliphatic carbocycles. The first-order chi connectivity index (χ1) is 16.7. The van der Waals surface area contributed by atoms with Crippen LogP contribution in [0.2, 0.25) is 0 Å². The van der Waals surface area contributed by atoms with E-state index in [1.54, 1.807) is 7.05 Å². The van der Waals surface area contributed by atoms with Gasteiger partial charge < -0.3 is 5.32 Å². The standard InChI is InChI=1S/C31H42N2O3/c1-27(2)12-13-31(26(36)33-7)11-8-19-24(20(31)16-27)21(34)14-23-29(19,5)10-9-22-28(3,4)25(35)18(17-32)15-30(22,23)6/h14-15,19-20,22,24H,8-13,16H2,1-7H3,(H,33,36). The molecule has 3 saturated carbocycles. The molecule has 1 N–H and O–H groups in total. The zero-order valence-corrected chi connectivity index (χ0v) is 23.1. The number of carbonyl (C=O) groups is 3. The molecule has 0 spiro atoms. The molecule has 0 aliphatic heterocycles. The Balaban J connectivity index is 1.66. The number of Topliss-reactive ketones (excluding diaryl/α,β-unsaturated/α-hetero) is 1. The fraction of sp³-hybridized carbons (Fsp3) is 0.742. The van der Waals surface area contributed by atoms with Crippen LogP contribution in [0, 0.1) is 62.1 Å². The fourth-order valence-corrected chi connectivity index (χ4v) is 9.92. The monoisotopic (exact) mass is 490 g/mol. The van der Waals surface area contributed by atoms with Crippen molar-refractivity contribution in [3.63, 3.8) is 0 Å². The maximum Gasteiger partial charge on any atom is 0.226 e. The van der Waals surface area contributed by atoms with Crippen molar-refractivity contribution in [2.24, 2.45) is 50.7 Å². The van der Waals surface area contributed by atoms with Crippen LogP contribution in [0.4, 0.5) is 0 Å². The van der Waals surface area contributed by atoms with Gasteiger partial charge in [-0.15, -0.1) is 0 Å². The number of hydrogen-bond acceptors (Lipinski definition) is 4. The van der Waals surface area contributed by atoms with E-state index in [0.29, 0.717) is 0 Å². The van der Waals surface area contributed by atoms with Crippen molar-refractivity contribution in [3.8, 4) is 6.07 Å². The maximum absolute atomic E-state index is 14.2. The summed E-state index contributed by atoms with van der Waals surface area (Å²) >= 11 is 0. The molecule has 0 heterocycles. The second-order valence-corrected chi connectivity index (χ2v) is 14.4. The van der Waals surface area contributed by atoms with Crippen LogP contribution >= 0.6 is 0 Å². The Morgan fingerprint density at radius 2 is 1.69 bits per heavy atom. The molecule has 36 heavy (non-hydrogen) atoms. The van der Waals surface area contributed by atoms with E-state index in [9.17, 15) is 19.6 Å². The van der Waals surface area contributed by atoms with Gasteiger partial charge in [-0.3, -0.25) is 14.4 Å². The largest absolute Gasteiger partial charge is 0.359 e. The van der Waals surface area contributed by atoms with Gasteiger partial charge in [0.05, 0.1) is 11.0 Å². The number of rotatable bonds is 1. The van der Waals surface area contributed by atoms with Gasteiger partial charge >= 0.3 is 0 Å². The van der Waals surface area contributed by atoms with Crippen molar-refractivity contribution in [3.05, 3.63) is 23.3 Å². The molecule has 0 aromatic heterocycles. The number of nitrogens with one attached hydrogen (secondary N) is 1. The van der Waals surface area contributed by atoms with Crippen molar-refractivity contribution < 1.29 is 14.4 Å². The van der Waals surface area contributed by atoms with E-state index < -0.39 is 16.2 Å². The number of hydrogen-bond donors (Lipinski definition) is 1. The highest BCUT2D eigenvalue weighted by molar-refractivity contribution is 6.04. The third kappa shape index (κ3) is 3.09. The second kappa shape index (κ2) is 7.65. The Bertz CT molecular complexity index is 1150. The predicted molar refractivity (Wildman–Crippen MR) is 138 cm³/mol. The fourth-order valence-electron chi connectivity index (χ4n) is 9.92. The molecule has 0 saturated heterocycles. The molecular formula is C31H42N2O3. The lowest BCUT2D eigenvalue weighted by Gasteiger charge is -2.64. The van der Waals surface area contributed by atoms with Crippen LogP contribution in [0.1, 0.15) is 86.5 Å². The van der Waals surface area contributed by atoms with Crippen molar-refractivity contribution in [2.75, 3.05) is 7.05 Å². The van der Waals surface area contributed by atoms with E-state index >= 15 is 0 Å². The lowest BCUT2D eigenvalue weighted by molar-refractivity contribution is -0.161. The second-order valence-electron chi connectivity index (χ2n) is 14.4. The Kier molecular flexibility index (Phi) is 5.40. The van der Waals surface area contributed by atoms with Crippen molar-refractivity contribution in [1.82, 2.24) is 5.32 Å². The van der Waals surface area contributed by atoms with E-state index in [1.165, 1.54) is 0 Å². The zero-order chi connectivity index (χ0) is 26.5. The van der Waals surface area contributed by atoms with Gasteiger partial charge in [0.2, 0.25) is 5.91 Å². The molecule has 5 nitrogen and oxygen atoms in total. The summed E-state index contributed by atoms with van der Waals surface area (Å²) < 4.78 is 0. The number of amides is 1. The number of nitriles is 1. The SMILES string of the molecule is CNC(=O)C12CCC3C(C(=O)C=C4C5(C)C=C(C#N)C(=O)C(C)(C)C5CCC43C)C1CC(C)(C)CC2. The molecular weight excluding hydrogens is 448 g/mol. The van der Waals surface area contributed by atoms with E-state index in [2.05, 4.69) is 39.1 Å². The number of carbonyl (C=O) groups excluding carboxylic acids is 3. The first-order valence-electron chi connectivity index (χ1n) is 13.8. The Labute approximate surface area is 216 Å². The lowest BCUT2D eigenvalue weighted by Crippen LogP contribution is -2.62. The third-order valence-electron chi connectivity index (χ3n) is 11.7. The van der Waals surface area contributed by atoms with E-state index in [1.807, 2.05) is 26.0 Å². The Morgan fingerprint density at radius 3 is 2.33 bits per heavy atom. The first-order valence-corrected chi connectivity index (χ1v) is 13.8. The first kappa shape index (κ1) is 25.4. The minimum atomic E-state index is -0.648. The molecule has 194 valence electrons.